The third-order valence-electron chi connectivity index (χ3n) is 4.31. The van der Waals surface area contributed by atoms with Crippen molar-refractivity contribution in [1.29, 1.82) is 0 Å². The highest BCUT2D eigenvalue weighted by Gasteiger charge is 2.23. The monoisotopic (exact) mass is 282 g/mol. The van der Waals surface area contributed by atoms with E-state index in [1.54, 1.807) is 0 Å². The second kappa shape index (κ2) is 5.40. The van der Waals surface area contributed by atoms with Crippen molar-refractivity contribution in [2.75, 3.05) is 13.1 Å². The molecule has 3 heteroatoms. The number of aromatic nitrogens is 1. The second-order valence-electron chi connectivity index (χ2n) is 5.96. The Morgan fingerprint density at radius 1 is 1.05 bits per heavy atom. The molecule has 1 aliphatic rings. The maximum Gasteiger partial charge on any atom is 0.255 e. The summed E-state index contributed by atoms with van der Waals surface area (Å²) < 4.78 is 2.18. The van der Waals surface area contributed by atoms with Crippen molar-refractivity contribution < 1.29 is 4.79 Å². The van der Waals surface area contributed by atoms with Crippen LogP contribution in [-0.2, 0) is 0 Å². The molecular weight excluding hydrogens is 260 g/mol. The summed E-state index contributed by atoms with van der Waals surface area (Å²) in [5.41, 5.74) is 5.35. The SMILES string of the molecule is Cc1cccc(-n2c(C)cc(C(=O)N3CCCC3)c2C)c1. The highest BCUT2D eigenvalue weighted by atomic mass is 16.2. The summed E-state index contributed by atoms with van der Waals surface area (Å²) in [7, 11) is 0. The van der Waals surface area contributed by atoms with Crippen molar-refractivity contribution in [3.63, 3.8) is 0 Å². The number of aryl methyl sites for hydroxylation is 2. The van der Waals surface area contributed by atoms with Gasteiger partial charge >= 0.3 is 0 Å². The molecule has 1 saturated heterocycles. The maximum atomic E-state index is 12.6. The van der Waals surface area contributed by atoms with Gasteiger partial charge in [-0.15, -0.1) is 0 Å². The number of likely N-dealkylation sites (tertiary alicyclic amines) is 1. The fourth-order valence-electron chi connectivity index (χ4n) is 3.23. The first-order chi connectivity index (χ1) is 10.1. The lowest BCUT2D eigenvalue weighted by Crippen LogP contribution is -2.27. The van der Waals surface area contributed by atoms with Gasteiger partial charge in [0.1, 0.15) is 0 Å². The fraction of sp³-hybridized carbons (Fsp3) is 0.389. The van der Waals surface area contributed by atoms with E-state index < -0.39 is 0 Å². The van der Waals surface area contributed by atoms with E-state index in [0.29, 0.717) is 0 Å². The lowest BCUT2D eigenvalue weighted by atomic mass is 10.2. The number of carbonyl (C=O) groups is 1. The standard InChI is InChI=1S/C18H22N2O/c1-13-7-6-8-16(11-13)20-14(2)12-17(15(20)3)18(21)19-9-4-5-10-19/h6-8,11-12H,4-5,9-10H2,1-3H3. The van der Waals surface area contributed by atoms with Crippen molar-refractivity contribution >= 4 is 5.91 Å². The average Bonchev–Trinajstić information content (AvgIpc) is 3.06. The van der Waals surface area contributed by atoms with Gasteiger partial charge in [-0.05, 0) is 57.4 Å². The van der Waals surface area contributed by atoms with Gasteiger partial charge in [0.25, 0.3) is 5.91 Å². The average molecular weight is 282 g/mol. The van der Waals surface area contributed by atoms with Crippen LogP contribution in [0.2, 0.25) is 0 Å². The molecule has 2 aromatic rings. The molecule has 0 N–H and O–H groups in total. The highest BCUT2D eigenvalue weighted by Crippen LogP contribution is 2.23. The van der Waals surface area contributed by atoms with Crippen LogP contribution in [0, 0.1) is 20.8 Å². The first kappa shape index (κ1) is 13.9. The first-order valence-corrected chi connectivity index (χ1v) is 7.63. The van der Waals surface area contributed by atoms with Crippen LogP contribution in [0.4, 0.5) is 0 Å². The third kappa shape index (κ3) is 2.48. The number of nitrogens with zero attached hydrogens (tertiary/aromatic N) is 2. The van der Waals surface area contributed by atoms with Crippen LogP contribution in [0.25, 0.3) is 5.69 Å². The summed E-state index contributed by atoms with van der Waals surface area (Å²) in [5, 5.41) is 0. The molecule has 3 rings (SSSR count). The molecule has 0 aliphatic carbocycles. The van der Waals surface area contributed by atoms with Crippen LogP contribution in [-0.4, -0.2) is 28.5 Å². The summed E-state index contributed by atoms with van der Waals surface area (Å²) >= 11 is 0. The zero-order chi connectivity index (χ0) is 15.0. The zero-order valence-electron chi connectivity index (χ0n) is 13.0. The maximum absolute atomic E-state index is 12.6. The predicted octanol–water partition coefficient (Wildman–Crippen LogP) is 3.64. The van der Waals surface area contributed by atoms with Gasteiger partial charge in [-0.2, -0.15) is 0 Å². The third-order valence-corrected chi connectivity index (χ3v) is 4.31. The molecule has 110 valence electrons. The van der Waals surface area contributed by atoms with Crippen LogP contribution in [0.15, 0.2) is 30.3 Å². The van der Waals surface area contributed by atoms with E-state index in [0.717, 1.165) is 48.6 Å². The highest BCUT2D eigenvalue weighted by molar-refractivity contribution is 5.96. The predicted molar refractivity (Wildman–Crippen MR) is 85.1 cm³/mol. The molecule has 1 aromatic heterocycles. The minimum atomic E-state index is 0.180. The van der Waals surface area contributed by atoms with Crippen molar-refractivity contribution in [2.24, 2.45) is 0 Å². The lowest BCUT2D eigenvalue weighted by molar-refractivity contribution is 0.0792. The van der Waals surface area contributed by atoms with Gasteiger partial charge in [0.05, 0.1) is 5.56 Å². The Hall–Kier alpha value is -2.03. The van der Waals surface area contributed by atoms with E-state index in [-0.39, 0.29) is 5.91 Å². The zero-order valence-corrected chi connectivity index (χ0v) is 13.0. The Kier molecular flexibility index (Phi) is 3.58. The van der Waals surface area contributed by atoms with Gasteiger partial charge in [0.2, 0.25) is 0 Å². The Labute approximate surface area is 126 Å². The Morgan fingerprint density at radius 3 is 2.43 bits per heavy atom. The van der Waals surface area contributed by atoms with Crippen LogP contribution in [0.5, 0.6) is 0 Å². The second-order valence-corrected chi connectivity index (χ2v) is 5.96. The number of hydrogen-bond donors (Lipinski definition) is 0. The van der Waals surface area contributed by atoms with Crippen LogP contribution >= 0.6 is 0 Å². The Bertz CT molecular complexity index is 679. The molecule has 0 saturated carbocycles. The molecule has 0 spiro atoms. The van der Waals surface area contributed by atoms with E-state index in [4.69, 9.17) is 0 Å². The van der Waals surface area contributed by atoms with E-state index in [2.05, 4.69) is 42.7 Å². The number of hydrogen-bond acceptors (Lipinski definition) is 1. The summed E-state index contributed by atoms with van der Waals surface area (Å²) in [6, 6.07) is 10.4. The fourth-order valence-corrected chi connectivity index (χ4v) is 3.23. The number of carbonyl (C=O) groups excluding carboxylic acids is 1. The molecule has 0 radical (unpaired) electrons. The molecule has 1 fully saturated rings. The van der Waals surface area contributed by atoms with Gasteiger partial charge < -0.3 is 9.47 Å². The summed E-state index contributed by atoms with van der Waals surface area (Å²) in [6.45, 7) is 7.99. The summed E-state index contributed by atoms with van der Waals surface area (Å²) in [4.78, 5) is 14.6. The van der Waals surface area contributed by atoms with E-state index in [1.165, 1.54) is 5.56 Å². The lowest BCUT2D eigenvalue weighted by Gasteiger charge is -2.15. The molecule has 0 atom stereocenters. The van der Waals surface area contributed by atoms with Gasteiger partial charge in [-0.1, -0.05) is 12.1 Å². The van der Waals surface area contributed by atoms with Crippen molar-refractivity contribution in [3.05, 3.63) is 52.8 Å². The molecule has 1 aromatic carbocycles. The topological polar surface area (TPSA) is 25.2 Å². The molecule has 0 unspecified atom stereocenters. The molecular formula is C18H22N2O. The normalized spacial score (nSPS) is 14.7. The Morgan fingerprint density at radius 2 is 1.76 bits per heavy atom. The molecule has 0 bridgehead atoms. The molecule has 1 aliphatic heterocycles. The van der Waals surface area contributed by atoms with E-state index in [9.17, 15) is 4.79 Å². The van der Waals surface area contributed by atoms with E-state index >= 15 is 0 Å². The van der Waals surface area contributed by atoms with Gasteiger partial charge in [-0.25, -0.2) is 0 Å². The largest absolute Gasteiger partial charge is 0.339 e. The van der Waals surface area contributed by atoms with Crippen LogP contribution in [0.1, 0.15) is 40.2 Å². The minimum Gasteiger partial charge on any atom is -0.339 e. The smallest absolute Gasteiger partial charge is 0.255 e. The van der Waals surface area contributed by atoms with E-state index in [1.807, 2.05) is 17.9 Å². The molecule has 3 nitrogen and oxygen atoms in total. The number of amides is 1. The van der Waals surface area contributed by atoms with Crippen molar-refractivity contribution in [1.82, 2.24) is 9.47 Å². The Balaban J connectivity index is 2.02. The van der Waals surface area contributed by atoms with Gasteiger partial charge in [-0.3, -0.25) is 4.79 Å². The quantitative estimate of drug-likeness (QED) is 0.825. The molecule has 21 heavy (non-hydrogen) atoms. The number of benzene rings is 1. The van der Waals surface area contributed by atoms with Crippen molar-refractivity contribution in [2.45, 2.75) is 33.6 Å². The van der Waals surface area contributed by atoms with Gasteiger partial charge in [0.15, 0.2) is 0 Å². The first-order valence-electron chi connectivity index (χ1n) is 7.63. The number of rotatable bonds is 2. The molecule has 2 heterocycles. The summed E-state index contributed by atoms with van der Waals surface area (Å²) in [6.07, 6.45) is 2.25. The minimum absolute atomic E-state index is 0.180. The van der Waals surface area contributed by atoms with Crippen LogP contribution < -0.4 is 0 Å². The summed E-state index contributed by atoms with van der Waals surface area (Å²) in [5.74, 6) is 0.180. The van der Waals surface area contributed by atoms with Crippen molar-refractivity contribution in [3.8, 4) is 5.69 Å². The van der Waals surface area contributed by atoms with Crippen LogP contribution in [0.3, 0.4) is 0 Å². The molecule has 1 amide bonds. The van der Waals surface area contributed by atoms with Gasteiger partial charge in [0, 0.05) is 30.2 Å².